The monoisotopic (exact) mass is 344 g/mol. The van der Waals surface area contributed by atoms with Crippen molar-refractivity contribution in [1.29, 1.82) is 0 Å². The highest BCUT2D eigenvalue weighted by Crippen LogP contribution is 2.29. The molecule has 0 aliphatic rings. The second-order valence-corrected chi connectivity index (χ2v) is 7.28. The Hall–Kier alpha value is -1.80. The first kappa shape index (κ1) is 19.2. The summed E-state index contributed by atoms with van der Waals surface area (Å²) in [4.78, 5) is 13.6. The third kappa shape index (κ3) is 4.84. The Morgan fingerprint density at radius 3 is 2.39 bits per heavy atom. The number of carbonyl (C=O) groups is 1. The van der Waals surface area contributed by atoms with Crippen LogP contribution in [0.3, 0.4) is 0 Å². The molecule has 1 aromatic rings. The number of amides is 1. The van der Waals surface area contributed by atoms with Crippen LogP contribution in [0.4, 0.5) is 0 Å². The first-order chi connectivity index (χ1) is 10.8. The van der Waals surface area contributed by atoms with Crippen LogP contribution in [0.1, 0.15) is 13.3 Å². The summed E-state index contributed by atoms with van der Waals surface area (Å²) in [5.74, 6) is 0.239. The highest BCUT2D eigenvalue weighted by molar-refractivity contribution is 7.91. The van der Waals surface area contributed by atoms with E-state index < -0.39 is 9.84 Å². The smallest absolute Gasteiger partial charge is 0.223 e. The minimum atomic E-state index is -3.59. The first-order valence-electron chi connectivity index (χ1n) is 7.17. The highest BCUT2D eigenvalue weighted by Gasteiger charge is 2.21. The Balaban J connectivity index is 2.86. The molecule has 8 heteroatoms. The van der Waals surface area contributed by atoms with Gasteiger partial charge in [0.05, 0.1) is 24.9 Å². The predicted molar refractivity (Wildman–Crippen MR) is 87.5 cm³/mol. The number of ether oxygens (including phenoxy) is 2. The molecule has 0 bridgehead atoms. The van der Waals surface area contributed by atoms with Crippen molar-refractivity contribution in [3.8, 4) is 11.5 Å². The van der Waals surface area contributed by atoms with Crippen molar-refractivity contribution in [3.63, 3.8) is 0 Å². The number of benzene rings is 1. The first-order valence-corrected chi connectivity index (χ1v) is 8.82. The summed E-state index contributed by atoms with van der Waals surface area (Å²) in [6.07, 6.45) is -0.0997. The van der Waals surface area contributed by atoms with E-state index in [4.69, 9.17) is 15.2 Å². The van der Waals surface area contributed by atoms with E-state index in [1.165, 1.54) is 37.3 Å². The molecule has 1 unspecified atom stereocenters. The zero-order valence-electron chi connectivity index (χ0n) is 13.9. The minimum absolute atomic E-state index is 0.0949. The van der Waals surface area contributed by atoms with Crippen molar-refractivity contribution in [2.75, 3.05) is 33.6 Å². The summed E-state index contributed by atoms with van der Waals surface area (Å²) in [5, 5.41) is 0. The van der Waals surface area contributed by atoms with E-state index in [1.807, 2.05) is 0 Å². The second-order valence-electron chi connectivity index (χ2n) is 5.18. The summed E-state index contributed by atoms with van der Waals surface area (Å²) in [5.41, 5.74) is 5.51. The summed E-state index contributed by atoms with van der Waals surface area (Å²) >= 11 is 0. The third-order valence-corrected chi connectivity index (χ3v) is 5.41. The molecule has 130 valence electrons. The number of nitrogens with two attached hydrogens (primary N) is 1. The van der Waals surface area contributed by atoms with Crippen LogP contribution in [-0.4, -0.2) is 58.8 Å². The van der Waals surface area contributed by atoms with Crippen LogP contribution in [0.5, 0.6) is 11.5 Å². The van der Waals surface area contributed by atoms with Crippen LogP contribution < -0.4 is 15.2 Å². The van der Waals surface area contributed by atoms with Gasteiger partial charge in [-0.2, -0.15) is 0 Å². The predicted octanol–water partition coefficient (Wildman–Crippen LogP) is 0.673. The van der Waals surface area contributed by atoms with Crippen molar-refractivity contribution in [2.24, 2.45) is 5.73 Å². The molecule has 0 aromatic heterocycles. The van der Waals surface area contributed by atoms with Crippen molar-refractivity contribution in [2.45, 2.75) is 24.3 Å². The number of rotatable bonds is 8. The summed E-state index contributed by atoms with van der Waals surface area (Å²) in [6.45, 7) is 2.13. The molecule has 7 nitrogen and oxygen atoms in total. The molecule has 0 fully saturated rings. The van der Waals surface area contributed by atoms with Crippen molar-refractivity contribution < 1.29 is 22.7 Å². The van der Waals surface area contributed by atoms with Gasteiger partial charge in [-0.3, -0.25) is 4.79 Å². The molecule has 1 aromatic carbocycles. The average molecular weight is 344 g/mol. The fraction of sp³-hybridized carbons (Fsp3) is 0.533. The number of carbonyl (C=O) groups excluding carboxylic acids is 1. The van der Waals surface area contributed by atoms with Crippen LogP contribution in [-0.2, 0) is 14.6 Å². The van der Waals surface area contributed by atoms with Gasteiger partial charge in [0.25, 0.3) is 0 Å². The molecular weight excluding hydrogens is 320 g/mol. The van der Waals surface area contributed by atoms with E-state index in [9.17, 15) is 13.2 Å². The lowest BCUT2D eigenvalue weighted by molar-refractivity contribution is -0.131. The van der Waals surface area contributed by atoms with Gasteiger partial charge in [-0.1, -0.05) is 0 Å². The van der Waals surface area contributed by atoms with Gasteiger partial charge in [-0.15, -0.1) is 0 Å². The van der Waals surface area contributed by atoms with E-state index in [0.717, 1.165) is 0 Å². The zero-order chi connectivity index (χ0) is 17.6. The fourth-order valence-corrected chi connectivity index (χ4v) is 3.17. The molecule has 0 saturated carbocycles. The quantitative estimate of drug-likeness (QED) is 0.744. The standard InChI is InChI=1S/C15H24N2O5S/c1-11(10-16)17(2)15(18)7-8-23(19,20)12-5-6-13(21-3)14(9-12)22-4/h5-6,9,11H,7-8,10,16H2,1-4H3. The lowest BCUT2D eigenvalue weighted by Crippen LogP contribution is -2.40. The third-order valence-electron chi connectivity index (χ3n) is 3.69. The number of sulfone groups is 1. The van der Waals surface area contributed by atoms with Crippen molar-refractivity contribution in [3.05, 3.63) is 18.2 Å². The van der Waals surface area contributed by atoms with Gasteiger partial charge in [0.15, 0.2) is 21.3 Å². The number of likely N-dealkylation sites (N-methyl/N-ethyl adjacent to an activating group) is 1. The molecule has 0 saturated heterocycles. The maximum absolute atomic E-state index is 12.4. The Bertz CT molecular complexity index is 645. The maximum Gasteiger partial charge on any atom is 0.223 e. The van der Waals surface area contributed by atoms with Gasteiger partial charge < -0.3 is 20.1 Å². The molecular formula is C15H24N2O5S. The molecule has 0 radical (unpaired) electrons. The summed E-state index contributed by atoms with van der Waals surface area (Å²) < 4.78 is 34.9. The molecule has 0 aliphatic heterocycles. The Labute approximate surface area is 137 Å². The van der Waals surface area contributed by atoms with E-state index in [1.54, 1.807) is 14.0 Å². The molecule has 1 atom stereocenters. The van der Waals surface area contributed by atoms with Gasteiger partial charge in [0.1, 0.15) is 0 Å². The molecule has 23 heavy (non-hydrogen) atoms. The minimum Gasteiger partial charge on any atom is -0.493 e. The molecule has 0 spiro atoms. The Kier molecular flexibility index (Phi) is 6.83. The van der Waals surface area contributed by atoms with Gasteiger partial charge >= 0.3 is 0 Å². The van der Waals surface area contributed by atoms with Crippen LogP contribution in [0, 0.1) is 0 Å². The SMILES string of the molecule is COc1ccc(S(=O)(=O)CCC(=O)N(C)C(C)CN)cc1OC. The molecule has 1 rings (SSSR count). The van der Waals surface area contributed by atoms with E-state index in [0.29, 0.717) is 18.0 Å². The van der Waals surface area contributed by atoms with E-state index in [2.05, 4.69) is 0 Å². The number of hydrogen-bond acceptors (Lipinski definition) is 6. The fourth-order valence-electron chi connectivity index (χ4n) is 1.93. The zero-order valence-corrected chi connectivity index (χ0v) is 14.7. The van der Waals surface area contributed by atoms with E-state index >= 15 is 0 Å². The Morgan fingerprint density at radius 2 is 1.87 bits per heavy atom. The number of hydrogen-bond donors (Lipinski definition) is 1. The van der Waals surface area contributed by atoms with Gasteiger partial charge in [-0.25, -0.2) is 8.42 Å². The molecule has 0 heterocycles. The maximum atomic E-state index is 12.4. The lowest BCUT2D eigenvalue weighted by atomic mass is 10.3. The lowest BCUT2D eigenvalue weighted by Gasteiger charge is -2.23. The molecule has 2 N–H and O–H groups in total. The van der Waals surface area contributed by atoms with Gasteiger partial charge in [0, 0.05) is 32.1 Å². The molecule has 1 amide bonds. The van der Waals surface area contributed by atoms with Crippen LogP contribution in [0.25, 0.3) is 0 Å². The Morgan fingerprint density at radius 1 is 1.26 bits per heavy atom. The van der Waals surface area contributed by atoms with E-state index in [-0.39, 0.29) is 29.0 Å². The van der Waals surface area contributed by atoms with Gasteiger partial charge in [-0.05, 0) is 19.1 Å². The second kappa shape index (κ2) is 8.16. The topological polar surface area (TPSA) is 98.9 Å². The summed E-state index contributed by atoms with van der Waals surface area (Å²) in [7, 11) is 0.924. The normalized spacial score (nSPS) is 12.6. The van der Waals surface area contributed by atoms with Crippen LogP contribution in [0.2, 0.25) is 0 Å². The van der Waals surface area contributed by atoms with Gasteiger partial charge in [0.2, 0.25) is 5.91 Å². The largest absolute Gasteiger partial charge is 0.493 e. The molecule has 0 aliphatic carbocycles. The number of methoxy groups -OCH3 is 2. The van der Waals surface area contributed by atoms with Crippen molar-refractivity contribution in [1.82, 2.24) is 4.90 Å². The van der Waals surface area contributed by atoms with Crippen molar-refractivity contribution >= 4 is 15.7 Å². The van der Waals surface area contributed by atoms with Crippen LogP contribution in [0.15, 0.2) is 23.1 Å². The van der Waals surface area contributed by atoms with Crippen LogP contribution >= 0.6 is 0 Å². The summed E-state index contributed by atoms with van der Waals surface area (Å²) in [6, 6.07) is 4.22. The number of nitrogens with zero attached hydrogens (tertiary/aromatic N) is 1. The highest BCUT2D eigenvalue weighted by atomic mass is 32.2. The average Bonchev–Trinajstić information content (AvgIpc) is 2.57.